The molecule has 2 aliphatic heterocycles. The molecule has 1 saturated heterocycles. The van der Waals surface area contributed by atoms with Crippen LogP contribution in [-0.4, -0.2) is 46.7 Å². The standard InChI is InChI=1S/C21H27FN4O3/c1-21(2)7-4-13-16(20(28)29)19(27)15-14(26(13)21)10-12(17(22)18(15)23)24-11-5-8-25(3)9-6-11/h10-11,24H,4-9,23H2,1-3H3,(H,28,29). The Morgan fingerprint density at radius 2 is 2.00 bits per heavy atom. The second-order valence-electron chi connectivity index (χ2n) is 8.87. The quantitative estimate of drug-likeness (QED) is 0.683. The van der Waals surface area contributed by atoms with E-state index in [1.54, 1.807) is 6.07 Å². The summed E-state index contributed by atoms with van der Waals surface area (Å²) in [6, 6.07) is 1.75. The number of benzene rings is 1. The van der Waals surface area contributed by atoms with Gasteiger partial charge in [0.1, 0.15) is 5.56 Å². The monoisotopic (exact) mass is 402 g/mol. The van der Waals surface area contributed by atoms with E-state index in [9.17, 15) is 14.7 Å². The van der Waals surface area contributed by atoms with Crippen molar-refractivity contribution in [2.24, 2.45) is 0 Å². The maximum atomic E-state index is 15.1. The van der Waals surface area contributed by atoms with Crippen molar-refractivity contribution < 1.29 is 14.3 Å². The van der Waals surface area contributed by atoms with Crippen LogP contribution in [0.1, 0.15) is 49.2 Å². The average molecular weight is 402 g/mol. The lowest BCUT2D eigenvalue weighted by Gasteiger charge is -2.31. The molecule has 7 nitrogen and oxygen atoms in total. The highest BCUT2D eigenvalue weighted by Gasteiger charge is 2.36. The van der Waals surface area contributed by atoms with Crippen molar-refractivity contribution in [2.45, 2.75) is 51.1 Å². The van der Waals surface area contributed by atoms with Crippen LogP contribution >= 0.6 is 0 Å². The van der Waals surface area contributed by atoms with Crippen LogP contribution in [0.5, 0.6) is 0 Å². The minimum absolute atomic E-state index is 0.0486. The lowest BCUT2D eigenvalue weighted by molar-refractivity contribution is 0.0693. The van der Waals surface area contributed by atoms with E-state index in [2.05, 4.69) is 17.3 Å². The molecule has 0 radical (unpaired) electrons. The van der Waals surface area contributed by atoms with Crippen LogP contribution in [0.15, 0.2) is 10.9 Å². The Labute approximate surface area is 168 Å². The van der Waals surface area contributed by atoms with Crippen LogP contribution in [0.3, 0.4) is 0 Å². The molecule has 1 aromatic heterocycles. The summed E-state index contributed by atoms with van der Waals surface area (Å²) in [5.74, 6) is -1.99. The largest absolute Gasteiger partial charge is 0.477 e. The Morgan fingerprint density at radius 3 is 2.62 bits per heavy atom. The van der Waals surface area contributed by atoms with Gasteiger partial charge in [-0.15, -0.1) is 0 Å². The number of nitrogen functional groups attached to an aromatic ring is 1. The van der Waals surface area contributed by atoms with Crippen LogP contribution in [0.4, 0.5) is 15.8 Å². The number of aromatic carboxylic acids is 1. The molecule has 0 spiro atoms. The summed E-state index contributed by atoms with van der Waals surface area (Å²) in [5.41, 5.74) is 5.61. The number of hydrogen-bond donors (Lipinski definition) is 3. The fourth-order valence-corrected chi connectivity index (χ4v) is 4.76. The van der Waals surface area contributed by atoms with Crippen LogP contribution in [0, 0.1) is 5.82 Å². The number of rotatable bonds is 3. The summed E-state index contributed by atoms with van der Waals surface area (Å²) in [6.45, 7) is 5.82. The topological polar surface area (TPSA) is 101 Å². The van der Waals surface area contributed by atoms with Gasteiger partial charge >= 0.3 is 5.97 Å². The Kier molecular flexibility index (Phi) is 4.57. The van der Waals surface area contributed by atoms with Crippen molar-refractivity contribution in [3.8, 4) is 0 Å². The van der Waals surface area contributed by atoms with Crippen molar-refractivity contribution in [3.63, 3.8) is 0 Å². The molecule has 4 N–H and O–H groups in total. The van der Waals surface area contributed by atoms with Gasteiger partial charge < -0.3 is 25.6 Å². The first kappa shape index (κ1) is 19.7. The first-order valence-electron chi connectivity index (χ1n) is 10.00. The Hall–Kier alpha value is -2.61. The van der Waals surface area contributed by atoms with E-state index in [-0.39, 0.29) is 28.4 Å². The molecule has 156 valence electrons. The molecule has 1 fully saturated rings. The molecular weight excluding hydrogens is 375 g/mol. The van der Waals surface area contributed by atoms with Crippen molar-refractivity contribution in [1.82, 2.24) is 9.47 Å². The van der Waals surface area contributed by atoms with E-state index in [4.69, 9.17) is 5.73 Å². The van der Waals surface area contributed by atoms with Gasteiger partial charge in [0.05, 0.1) is 22.3 Å². The predicted octanol–water partition coefficient (Wildman–Crippen LogP) is 2.61. The summed E-state index contributed by atoms with van der Waals surface area (Å²) in [4.78, 5) is 27.0. The van der Waals surface area contributed by atoms with Gasteiger partial charge in [-0.25, -0.2) is 9.18 Å². The molecule has 1 aromatic carbocycles. The van der Waals surface area contributed by atoms with Gasteiger partial charge in [0.15, 0.2) is 5.82 Å². The fraction of sp³-hybridized carbons (Fsp3) is 0.524. The Bertz CT molecular complexity index is 1070. The fourth-order valence-electron chi connectivity index (χ4n) is 4.76. The van der Waals surface area contributed by atoms with Crippen molar-refractivity contribution in [1.29, 1.82) is 0 Å². The van der Waals surface area contributed by atoms with E-state index in [0.29, 0.717) is 24.1 Å². The van der Waals surface area contributed by atoms with Crippen molar-refractivity contribution >= 4 is 28.2 Å². The number of carboxylic acid groups (broad SMARTS) is 1. The molecule has 0 bridgehead atoms. The van der Waals surface area contributed by atoms with Gasteiger partial charge in [-0.3, -0.25) is 4.79 Å². The second kappa shape index (κ2) is 6.73. The SMILES string of the molecule is CN1CCC(Nc2cc3c(c(N)c2F)c(=O)c(C(=O)O)c2n3C(C)(C)CC2)CC1. The first-order chi connectivity index (χ1) is 13.6. The lowest BCUT2D eigenvalue weighted by Crippen LogP contribution is -2.37. The van der Waals surface area contributed by atoms with Crippen LogP contribution in [0.25, 0.3) is 10.9 Å². The second-order valence-corrected chi connectivity index (χ2v) is 8.87. The molecule has 0 saturated carbocycles. The molecule has 0 atom stereocenters. The van der Waals surface area contributed by atoms with Crippen LogP contribution in [-0.2, 0) is 12.0 Å². The summed E-state index contributed by atoms with van der Waals surface area (Å²) < 4.78 is 17.0. The van der Waals surface area contributed by atoms with E-state index < -0.39 is 22.8 Å². The molecule has 2 aromatic rings. The summed E-state index contributed by atoms with van der Waals surface area (Å²) in [7, 11) is 2.06. The summed E-state index contributed by atoms with van der Waals surface area (Å²) in [6.07, 6.45) is 2.94. The number of pyridine rings is 1. The minimum Gasteiger partial charge on any atom is -0.477 e. The number of anilines is 2. The molecule has 0 aliphatic carbocycles. The van der Waals surface area contributed by atoms with Gasteiger partial charge in [-0.05, 0) is 65.7 Å². The third-order valence-electron chi connectivity index (χ3n) is 6.40. The normalized spacial score (nSPS) is 19.4. The number of aromatic nitrogens is 1. The number of nitrogens with zero attached hydrogens (tertiary/aromatic N) is 2. The van der Waals surface area contributed by atoms with Gasteiger partial charge in [0, 0.05) is 17.3 Å². The number of piperidine rings is 1. The number of nitrogens with two attached hydrogens (primary N) is 1. The van der Waals surface area contributed by atoms with E-state index >= 15 is 4.39 Å². The zero-order valence-corrected chi connectivity index (χ0v) is 17.0. The Balaban J connectivity index is 1.95. The van der Waals surface area contributed by atoms with E-state index in [0.717, 1.165) is 25.9 Å². The zero-order valence-electron chi connectivity index (χ0n) is 17.0. The van der Waals surface area contributed by atoms with Crippen LogP contribution in [0.2, 0.25) is 0 Å². The molecule has 2 aliphatic rings. The van der Waals surface area contributed by atoms with Crippen molar-refractivity contribution in [2.75, 3.05) is 31.2 Å². The molecule has 8 heteroatoms. The number of nitrogens with one attached hydrogen (secondary N) is 1. The number of carbonyl (C=O) groups is 1. The highest BCUT2D eigenvalue weighted by atomic mass is 19.1. The van der Waals surface area contributed by atoms with Crippen LogP contribution < -0.4 is 16.5 Å². The van der Waals surface area contributed by atoms with E-state index in [1.807, 2.05) is 18.4 Å². The smallest absolute Gasteiger partial charge is 0.341 e. The number of carboxylic acids is 1. The maximum absolute atomic E-state index is 15.1. The Morgan fingerprint density at radius 1 is 1.34 bits per heavy atom. The first-order valence-corrected chi connectivity index (χ1v) is 10.00. The minimum atomic E-state index is -1.30. The molecule has 0 amide bonds. The molecule has 29 heavy (non-hydrogen) atoms. The van der Waals surface area contributed by atoms with Gasteiger partial charge in [-0.1, -0.05) is 0 Å². The van der Waals surface area contributed by atoms with Gasteiger partial charge in [0.25, 0.3) is 0 Å². The van der Waals surface area contributed by atoms with Gasteiger partial charge in [-0.2, -0.15) is 0 Å². The third-order valence-corrected chi connectivity index (χ3v) is 6.40. The van der Waals surface area contributed by atoms with E-state index in [1.165, 1.54) is 0 Å². The number of fused-ring (bicyclic) bond motifs is 3. The van der Waals surface area contributed by atoms with Crippen molar-refractivity contribution in [3.05, 3.63) is 33.4 Å². The molecule has 0 unspecified atom stereocenters. The third kappa shape index (κ3) is 3.06. The maximum Gasteiger partial charge on any atom is 0.341 e. The number of hydrogen-bond acceptors (Lipinski definition) is 5. The number of halogens is 1. The highest BCUT2D eigenvalue weighted by Crippen LogP contribution is 2.39. The molecule has 3 heterocycles. The summed E-state index contributed by atoms with van der Waals surface area (Å²) in [5, 5.41) is 12.9. The molecule has 4 rings (SSSR count). The van der Waals surface area contributed by atoms with Gasteiger partial charge in [0.2, 0.25) is 5.43 Å². The number of likely N-dealkylation sites (tertiary alicyclic amines) is 1. The predicted molar refractivity (Wildman–Crippen MR) is 111 cm³/mol. The summed E-state index contributed by atoms with van der Waals surface area (Å²) >= 11 is 0. The lowest BCUT2D eigenvalue weighted by atomic mass is 10.0. The average Bonchev–Trinajstić information content (AvgIpc) is 2.96. The molecular formula is C21H27FN4O3. The highest BCUT2D eigenvalue weighted by molar-refractivity contribution is 6.00. The zero-order chi connectivity index (χ0) is 21.1.